The van der Waals surface area contributed by atoms with Gasteiger partial charge in [-0.1, -0.05) is 18.2 Å². The number of nitrogens with one attached hydrogen (secondary N) is 2. The van der Waals surface area contributed by atoms with Crippen molar-refractivity contribution in [2.24, 2.45) is 0 Å². The van der Waals surface area contributed by atoms with E-state index < -0.39 is 0 Å². The highest BCUT2D eigenvalue weighted by Crippen LogP contribution is 2.16. The first-order valence-electron chi connectivity index (χ1n) is 7.91. The molecule has 0 aliphatic carbocycles. The number of imidazole rings is 1. The van der Waals surface area contributed by atoms with Gasteiger partial charge in [0, 0.05) is 32.0 Å². The van der Waals surface area contributed by atoms with E-state index in [-0.39, 0.29) is 12.0 Å². The van der Waals surface area contributed by atoms with Gasteiger partial charge in [0.2, 0.25) is 5.91 Å². The summed E-state index contributed by atoms with van der Waals surface area (Å²) in [5, 5.41) is 6.22. The summed E-state index contributed by atoms with van der Waals surface area (Å²) in [6, 6.07) is 8.02. The summed E-state index contributed by atoms with van der Waals surface area (Å²) in [7, 11) is 0. The molecule has 0 bridgehead atoms. The second kappa shape index (κ2) is 7.39. The maximum absolute atomic E-state index is 12.1. The van der Waals surface area contributed by atoms with E-state index in [0.717, 1.165) is 30.2 Å². The number of aromatic nitrogens is 2. The molecule has 122 valence electrons. The molecule has 2 aromatic rings. The molecule has 6 heteroatoms. The molecule has 6 nitrogen and oxygen atoms in total. The van der Waals surface area contributed by atoms with Crippen LogP contribution in [0, 0.1) is 6.92 Å². The Morgan fingerprint density at radius 2 is 2.35 bits per heavy atom. The summed E-state index contributed by atoms with van der Waals surface area (Å²) < 4.78 is 7.59. The average molecular weight is 314 g/mol. The molecule has 0 unspecified atom stereocenters. The average Bonchev–Trinajstić information content (AvgIpc) is 3.00. The SMILES string of the molecule is Cc1nccn1-c1ccccc1CNC(=O)C[C@H]1CNCCO1. The van der Waals surface area contributed by atoms with Gasteiger partial charge in [-0.3, -0.25) is 4.79 Å². The van der Waals surface area contributed by atoms with E-state index in [1.54, 1.807) is 6.20 Å². The maximum Gasteiger partial charge on any atom is 0.222 e. The molecule has 1 atom stereocenters. The number of para-hydroxylation sites is 1. The number of benzene rings is 1. The Labute approximate surface area is 135 Å². The lowest BCUT2D eigenvalue weighted by Crippen LogP contribution is -2.41. The summed E-state index contributed by atoms with van der Waals surface area (Å²) in [4.78, 5) is 16.4. The minimum atomic E-state index is -0.0325. The molecule has 1 aromatic heterocycles. The normalized spacial score (nSPS) is 17.9. The second-order valence-corrected chi connectivity index (χ2v) is 5.65. The number of rotatable bonds is 5. The molecule has 2 N–H and O–H groups in total. The van der Waals surface area contributed by atoms with Gasteiger partial charge < -0.3 is 19.9 Å². The third-order valence-corrected chi connectivity index (χ3v) is 3.97. The molecule has 0 spiro atoms. The molecule has 1 amide bonds. The van der Waals surface area contributed by atoms with Crippen LogP contribution in [0.15, 0.2) is 36.7 Å². The fourth-order valence-electron chi connectivity index (χ4n) is 2.75. The summed E-state index contributed by atoms with van der Waals surface area (Å²) in [5.41, 5.74) is 2.10. The third-order valence-electron chi connectivity index (χ3n) is 3.97. The fraction of sp³-hybridized carbons (Fsp3) is 0.412. The zero-order valence-corrected chi connectivity index (χ0v) is 13.3. The predicted molar refractivity (Wildman–Crippen MR) is 87.4 cm³/mol. The van der Waals surface area contributed by atoms with E-state index in [1.807, 2.05) is 42.0 Å². The lowest BCUT2D eigenvalue weighted by molar-refractivity contribution is -0.124. The van der Waals surface area contributed by atoms with Gasteiger partial charge in [0.05, 0.1) is 24.8 Å². The number of carbonyl (C=O) groups is 1. The van der Waals surface area contributed by atoms with Crippen LogP contribution in [0.2, 0.25) is 0 Å². The lowest BCUT2D eigenvalue weighted by Gasteiger charge is -2.23. The Hall–Kier alpha value is -2.18. The first kappa shape index (κ1) is 15.7. The Morgan fingerprint density at radius 1 is 1.48 bits per heavy atom. The molecule has 1 aliphatic rings. The molecule has 1 aliphatic heterocycles. The van der Waals surface area contributed by atoms with Gasteiger partial charge in [-0.05, 0) is 18.6 Å². The van der Waals surface area contributed by atoms with Crippen molar-refractivity contribution in [3.63, 3.8) is 0 Å². The van der Waals surface area contributed by atoms with Crippen LogP contribution in [0.25, 0.3) is 5.69 Å². The maximum atomic E-state index is 12.1. The van der Waals surface area contributed by atoms with Crippen LogP contribution in [0.3, 0.4) is 0 Å². The standard InChI is InChI=1S/C17H22N4O2/c1-13-19-6-8-21(13)16-5-3-2-4-14(16)11-20-17(22)10-15-12-18-7-9-23-15/h2-6,8,15,18H,7,9-12H2,1H3,(H,20,22)/t15-/m0/s1. The van der Waals surface area contributed by atoms with E-state index in [2.05, 4.69) is 15.6 Å². The van der Waals surface area contributed by atoms with Crippen LogP contribution in [0.4, 0.5) is 0 Å². The van der Waals surface area contributed by atoms with Crippen LogP contribution in [-0.4, -0.2) is 41.3 Å². The van der Waals surface area contributed by atoms with Gasteiger partial charge in [0.1, 0.15) is 5.82 Å². The quantitative estimate of drug-likeness (QED) is 0.869. The van der Waals surface area contributed by atoms with Crippen molar-refractivity contribution in [1.29, 1.82) is 0 Å². The number of amides is 1. The van der Waals surface area contributed by atoms with Crippen LogP contribution in [0.5, 0.6) is 0 Å². The van der Waals surface area contributed by atoms with Crippen molar-refractivity contribution < 1.29 is 9.53 Å². The van der Waals surface area contributed by atoms with Crippen molar-refractivity contribution in [3.05, 3.63) is 48.0 Å². The molecule has 0 radical (unpaired) electrons. The summed E-state index contributed by atoms with van der Waals surface area (Å²) in [5.74, 6) is 0.932. The summed E-state index contributed by atoms with van der Waals surface area (Å²) in [6.07, 6.45) is 4.06. The summed E-state index contributed by atoms with van der Waals surface area (Å²) in [6.45, 7) is 4.71. The minimum absolute atomic E-state index is 0.0101. The molecule has 23 heavy (non-hydrogen) atoms. The Balaban J connectivity index is 1.62. The number of morpholine rings is 1. The first-order valence-corrected chi connectivity index (χ1v) is 7.91. The highest BCUT2D eigenvalue weighted by molar-refractivity contribution is 5.76. The Morgan fingerprint density at radius 3 is 3.09 bits per heavy atom. The van der Waals surface area contributed by atoms with Gasteiger partial charge in [0.25, 0.3) is 0 Å². The molecule has 1 saturated heterocycles. The van der Waals surface area contributed by atoms with Crippen LogP contribution >= 0.6 is 0 Å². The highest BCUT2D eigenvalue weighted by Gasteiger charge is 2.17. The van der Waals surface area contributed by atoms with Crippen molar-refractivity contribution in [2.45, 2.75) is 26.0 Å². The van der Waals surface area contributed by atoms with E-state index in [9.17, 15) is 4.79 Å². The van der Waals surface area contributed by atoms with Crippen molar-refractivity contribution in [3.8, 4) is 5.69 Å². The number of aryl methyl sites for hydroxylation is 1. The molecule has 3 rings (SSSR count). The van der Waals surface area contributed by atoms with Gasteiger partial charge >= 0.3 is 0 Å². The van der Waals surface area contributed by atoms with E-state index in [4.69, 9.17) is 4.74 Å². The van der Waals surface area contributed by atoms with Gasteiger partial charge in [0.15, 0.2) is 0 Å². The fourth-order valence-corrected chi connectivity index (χ4v) is 2.75. The van der Waals surface area contributed by atoms with Gasteiger partial charge in [-0.2, -0.15) is 0 Å². The number of carbonyl (C=O) groups excluding carboxylic acids is 1. The van der Waals surface area contributed by atoms with Gasteiger partial charge in [-0.25, -0.2) is 4.98 Å². The molecular weight excluding hydrogens is 292 g/mol. The van der Waals surface area contributed by atoms with Crippen LogP contribution in [-0.2, 0) is 16.1 Å². The molecule has 2 heterocycles. The zero-order valence-electron chi connectivity index (χ0n) is 13.3. The topological polar surface area (TPSA) is 68.2 Å². The molecule has 1 fully saturated rings. The minimum Gasteiger partial charge on any atom is -0.375 e. The van der Waals surface area contributed by atoms with Crippen molar-refractivity contribution in [1.82, 2.24) is 20.2 Å². The molecule has 1 aromatic carbocycles. The van der Waals surface area contributed by atoms with Crippen molar-refractivity contribution >= 4 is 5.91 Å². The highest BCUT2D eigenvalue weighted by atomic mass is 16.5. The Bertz CT molecular complexity index is 662. The van der Waals surface area contributed by atoms with Gasteiger partial charge in [-0.15, -0.1) is 0 Å². The zero-order chi connectivity index (χ0) is 16.1. The number of ether oxygens (including phenoxy) is 1. The molecule has 0 saturated carbocycles. The van der Waals surface area contributed by atoms with E-state index in [1.165, 1.54) is 0 Å². The Kier molecular flexibility index (Phi) is 5.05. The second-order valence-electron chi connectivity index (χ2n) is 5.65. The van der Waals surface area contributed by atoms with Crippen LogP contribution < -0.4 is 10.6 Å². The number of hydrogen-bond donors (Lipinski definition) is 2. The van der Waals surface area contributed by atoms with Crippen LogP contribution in [0.1, 0.15) is 17.8 Å². The molecular formula is C17H22N4O2. The monoisotopic (exact) mass is 314 g/mol. The summed E-state index contributed by atoms with van der Waals surface area (Å²) >= 11 is 0. The predicted octanol–water partition coefficient (Wildman–Crippen LogP) is 1.18. The third kappa shape index (κ3) is 3.97. The smallest absolute Gasteiger partial charge is 0.222 e. The number of nitrogens with zero attached hydrogens (tertiary/aromatic N) is 2. The van der Waals surface area contributed by atoms with E-state index >= 15 is 0 Å². The first-order chi connectivity index (χ1) is 11.2. The number of hydrogen-bond acceptors (Lipinski definition) is 4. The van der Waals surface area contributed by atoms with Crippen molar-refractivity contribution in [2.75, 3.05) is 19.7 Å². The largest absolute Gasteiger partial charge is 0.375 e. The lowest BCUT2D eigenvalue weighted by atomic mass is 10.1. The van der Waals surface area contributed by atoms with E-state index in [0.29, 0.717) is 19.6 Å².